The molecular weight excluding hydrogens is 364 g/mol. The third kappa shape index (κ3) is 3.61. The number of benzene rings is 3. The molecule has 0 unspecified atom stereocenters. The lowest BCUT2D eigenvalue weighted by Crippen LogP contribution is -2.08. The summed E-state index contributed by atoms with van der Waals surface area (Å²) in [5.74, 6) is -0.233. The number of esters is 1. The molecule has 5 heteroatoms. The fourth-order valence-electron chi connectivity index (χ4n) is 2.82. The Bertz CT molecular complexity index is 1180. The molecule has 0 spiro atoms. The fourth-order valence-corrected chi connectivity index (χ4v) is 2.94. The van der Waals surface area contributed by atoms with E-state index in [1.54, 1.807) is 36.4 Å². The standard InChI is InChI=1S/C22H13ClO4/c23-16-8-6-15(7-9-16)22(25)26-17-10-11-18-19(14-4-2-1-3-5-14)13-21(24)27-20(18)12-17/h1-13H. The molecule has 1 heterocycles. The lowest BCUT2D eigenvalue weighted by Gasteiger charge is -2.08. The third-order valence-electron chi connectivity index (χ3n) is 4.09. The van der Waals surface area contributed by atoms with Gasteiger partial charge in [-0.2, -0.15) is 0 Å². The van der Waals surface area contributed by atoms with Crippen molar-refractivity contribution in [3.05, 3.63) is 99.9 Å². The maximum atomic E-state index is 12.3. The number of hydrogen-bond acceptors (Lipinski definition) is 4. The van der Waals surface area contributed by atoms with Crippen LogP contribution in [0.2, 0.25) is 5.02 Å². The molecule has 1 aromatic heterocycles. The van der Waals surface area contributed by atoms with E-state index in [2.05, 4.69) is 0 Å². The molecular formula is C22H13ClO4. The van der Waals surface area contributed by atoms with Gasteiger partial charge < -0.3 is 9.15 Å². The second-order valence-corrected chi connectivity index (χ2v) is 6.34. The van der Waals surface area contributed by atoms with Crippen LogP contribution in [0.3, 0.4) is 0 Å². The van der Waals surface area contributed by atoms with Crippen LogP contribution >= 0.6 is 11.6 Å². The van der Waals surface area contributed by atoms with Gasteiger partial charge >= 0.3 is 11.6 Å². The van der Waals surface area contributed by atoms with E-state index in [0.29, 0.717) is 16.2 Å². The zero-order chi connectivity index (χ0) is 18.8. The first-order chi connectivity index (χ1) is 13.1. The summed E-state index contributed by atoms with van der Waals surface area (Å²) in [6.07, 6.45) is 0. The summed E-state index contributed by atoms with van der Waals surface area (Å²) in [7, 11) is 0. The van der Waals surface area contributed by atoms with Gasteiger partial charge in [0.2, 0.25) is 0 Å². The Kier molecular flexibility index (Phi) is 4.48. The molecule has 0 bridgehead atoms. The van der Waals surface area contributed by atoms with Gasteiger partial charge in [0.1, 0.15) is 11.3 Å². The lowest BCUT2D eigenvalue weighted by atomic mass is 10.0. The van der Waals surface area contributed by atoms with E-state index in [1.165, 1.54) is 12.1 Å². The van der Waals surface area contributed by atoms with Crippen LogP contribution in [0.4, 0.5) is 0 Å². The lowest BCUT2D eigenvalue weighted by molar-refractivity contribution is 0.0735. The summed E-state index contributed by atoms with van der Waals surface area (Å²) in [6.45, 7) is 0. The smallest absolute Gasteiger partial charge is 0.343 e. The van der Waals surface area contributed by atoms with Crippen LogP contribution in [0.15, 0.2) is 88.1 Å². The van der Waals surface area contributed by atoms with Crippen molar-refractivity contribution in [3.63, 3.8) is 0 Å². The van der Waals surface area contributed by atoms with Gasteiger partial charge in [0, 0.05) is 22.5 Å². The molecule has 4 nitrogen and oxygen atoms in total. The monoisotopic (exact) mass is 376 g/mol. The van der Waals surface area contributed by atoms with Gasteiger partial charge in [-0.1, -0.05) is 41.9 Å². The van der Waals surface area contributed by atoms with Crippen molar-refractivity contribution in [3.8, 4) is 16.9 Å². The number of fused-ring (bicyclic) bond motifs is 1. The van der Waals surface area contributed by atoms with Crippen molar-refractivity contribution in [1.29, 1.82) is 0 Å². The topological polar surface area (TPSA) is 56.5 Å². The van der Waals surface area contributed by atoms with Crippen LogP contribution < -0.4 is 10.4 Å². The highest BCUT2D eigenvalue weighted by Gasteiger charge is 2.12. The zero-order valence-electron chi connectivity index (χ0n) is 14.0. The summed E-state index contributed by atoms with van der Waals surface area (Å²) in [4.78, 5) is 24.2. The molecule has 0 radical (unpaired) electrons. The Morgan fingerprint density at radius 2 is 1.63 bits per heavy atom. The molecule has 0 fully saturated rings. The summed E-state index contributed by atoms with van der Waals surface area (Å²) in [6, 6.07) is 22.4. The van der Waals surface area contributed by atoms with E-state index in [9.17, 15) is 9.59 Å². The van der Waals surface area contributed by atoms with Gasteiger partial charge in [0.25, 0.3) is 0 Å². The van der Waals surface area contributed by atoms with Crippen LogP contribution in [0, 0.1) is 0 Å². The molecule has 0 aliphatic heterocycles. The Balaban J connectivity index is 1.71. The Hall–Kier alpha value is -3.37. The van der Waals surface area contributed by atoms with Crippen molar-refractivity contribution >= 4 is 28.5 Å². The largest absolute Gasteiger partial charge is 0.423 e. The van der Waals surface area contributed by atoms with Gasteiger partial charge in [-0.15, -0.1) is 0 Å². The number of ether oxygens (including phenoxy) is 1. The van der Waals surface area contributed by atoms with E-state index in [4.69, 9.17) is 20.8 Å². The molecule has 27 heavy (non-hydrogen) atoms. The molecule has 4 aromatic rings. The van der Waals surface area contributed by atoms with Crippen LogP contribution in [-0.4, -0.2) is 5.97 Å². The molecule has 0 aliphatic carbocycles. The Morgan fingerprint density at radius 1 is 0.889 bits per heavy atom. The van der Waals surface area contributed by atoms with Crippen molar-refractivity contribution in [1.82, 2.24) is 0 Å². The molecule has 0 atom stereocenters. The first kappa shape index (κ1) is 17.1. The predicted molar refractivity (Wildman–Crippen MR) is 104 cm³/mol. The first-order valence-corrected chi connectivity index (χ1v) is 8.59. The summed E-state index contributed by atoms with van der Waals surface area (Å²) >= 11 is 5.83. The molecule has 0 N–H and O–H groups in total. The van der Waals surface area contributed by atoms with Crippen LogP contribution in [0.5, 0.6) is 5.75 Å². The number of carbonyl (C=O) groups is 1. The highest BCUT2D eigenvalue weighted by atomic mass is 35.5. The Morgan fingerprint density at radius 3 is 2.37 bits per heavy atom. The van der Waals surface area contributed by atoms with Gasteiger partial charge in [0.15, 0.2) is 0 Å². The van der Waals surface area contributed by atoms with Crippen molar-refractivity contribution in [2.24, 2.45) is 0 Å². The van der Waals surface area contributed by atoms with Gasteiger partial charge in [-0.05, 0) is 47.5 Å². The van der Waals surface area contributed by atoms with Crippen molar-refractivity contribution in [2.75, 3.05) is 0 Å². The van der Waals surface area contributed by atoms with Crippen molar-refractivity contribution < 1.29 is 13.9 Å². The van der Waals surface area contributed by atoms with Crippen molar-refractivity contribution in [2.45, 2.75) is 0 Å². The minimum absolute atomic E-state index is 0.288. The molecule has 0 aliphatic rings. The van der Waals surface area contributed by atoms with Gasteiger partial charge in [-0.25, -0.2) is 9.59 Å². The normalized spacial score (nSPS) is 10.7. The third-order valence-corrected chi connectivity index (χ3v) is 4.34. The van der Waals surface area contributed by atoms with Crippen LogP contribution in [0.25, 0.3) is 22.1 Å². The number of carbonyl (C=O) groups excluding carboxylic acids is 1. The average molecular weight is 377 g/mol. The maximum Gasteiger partial charge on any atom is 0.343 e. The summed E-state index contributed by atoms with van der Waals surface area (Å²) in [5.41, 5.74) is 1.92. The second kappa shape index (κ2) is 7.09. The van der Waals surface area contributed by atoms with E-state index in [1.807, 2.05) is 30.3 Å². The molecule has 0 saturated carbocycles. The fraction of sp³-hybridized carbons (Fsp3) is 0. The van der Waals surface area contributed by atoms with E-state index in [-0.39, 0.29) is 5.75 Å². The number of hydrogen-bond donors (Lipinski definition) is 0. The van der Waals surface area contributed by atoms with Crippen LogP contribution in [-0.2, 0) is 0 Å². The van der Waals surface area contributed by atoms with Crippen LogP contribution in [0.1, 0.15) is 10.4 Å². The summed E-state index contributed by atoms with van der Waals surface area (Å²) in [5, 5.41) is 1.29. The molecule has 4 rings (SSSR count). The zero-order valence-corrected chi connectivity index (χ0v) is 14.8. The molecule has 0 saturated heterocycles. The number of rotatable bonds is 3. The summed E-state index contributed by atoms with van der Waals surface area (Å²) < 4.78 is 10.7. The van der Waals surface area contributed by atoms with Gasteiger partial charge in [-0.3, -0.25) is 0 Å². The predicted octanol–water partition coefficient (Wildman–Crippen LogP) is 5.33. The minimum Gasteiger partial charge on any atom is -0.423 e. The first-order valence-electron chi connectivity index (χ1n) is 8.21. The second-order valence-electron chi connectivity index (χ2n) is 5.90. The maximum absolute atomic E-state index is 12.3. The molecule has 132 valence electrons. The minimum atomic E-state index is -0.521. The average Bonchev–Trinajstić information content (AvgIpc) is 2.68. The van der Waals surface area contributed by atoms with E-state index in [0.717, 1.165) is 16.5 Å². The number of halogens is 1. The highest BCUT2D eigenvalue weighted by molar-refractivity contribution is 6.30. The molecule has 3 aromatic carbocycles. The quantitative estimate of drug-likeness (QED) is 0.275. The SMILES string of the molecule is O=C(Oc1ccc2c(-c3ccccc3)cc(=O)oc2c1)c1ccc(Cl)cc1. The molecule has 0 amide bonds. The van der Waals surface area contributed by atoms with E-state index < -0.39 is 11.6 Å². The highest BCUT2D eigenvalue weighted by Crippen LogP contribution is 2.29. The van der Waals surface area contributed by atoms with Gasteiger partial charge in [0.05, 0.1) is 5.56 Å². The Labute approximate surface area is 159 Å². The van der Waals surface area contributed by atoms with E-state index >= 15 is 0 Å².